The molecule has 0 heterocycles. The molecule has 0 saturated heterocycles. The maximum atomic E-state index is 13.1. The Kier molecular flexibility index (Phi) is 3.02. The van der Waals surface area contributed by atoms with E-state index < -0.39 is 0 Å². The molecule has 0 aliphatic heterocycles. The zero-order valence-electron chi connectivity index (χ0n) is 13.7. The summed E-state index contributed by atoms with van der Waals surface area (Å²) in [6.07, 6.45) is 2.43. The Labute approximate surface area is 136 Å². The molecule has 0 saturated carbocycles. The Hall–Kier alpha value is -2.29. The Balaban J connectivity index is 1.75. The number of hydrogen-bond acceptors (Lipinski definition) is 3. The van der Waals surface area contributed by atoms with E-state index in [1.807, 2.05) is 18.2 Å². The largest absolute Gasteiger partial charge is 0.497 e. The van der Waals surface area contributed by atoms with Crippen LogP contribution < -0.4 is 9.47 Å². The van der Waals surface area contributed by atoms with E-state index in [0.717, 1.165) is 47.5 Å². The lowest BCUT2D eigenvalue weighted by molar-refractivity contribution is 0.0831. The number of hydrogen-bond donors (Lipinski definition) is 0. The van der Waals surface area contributed by atoms with Crippen molar-refractivity contribution in [2.75, 3.05) is 14.2 Å². The van der Waals surface area contributed by atoms with Crippen molar-refractivity contribution in [3.63, 3.8) is 0 Å². The normalized spacial score (nSPS) is 21.4. The van der Waals surface area contributed by atoms with Gasteiger partial charge in [0.2, 0.25) is 0 Å². The summed E-state index contributed by atoms with van der Waals surface area (Å²) in [5, 5.41) is 0. The minimum Gasteiger partial charge on any atom is -0.497 e. The Morgan fingerprint density at radius 2 is 1.74 bits per heavy atom. The highest BCUT2D eigenvalue weighted by molar-refractivity contribution is 6.06. The number of ether oxygens (including phenoxy) is 2. The molecule has 0 aromatic heterocycles. The van der Waals surface area contributed by atoms with Crippen molar-refractivity contribution in [1.29, 1.82) is 0 Å². The molecule has 2 aliphatic rings. The van der Waals surface area contributed by atoms with E-state index >= 15 is 0 Å². The third-order valence-electron chi connectivity index (χ3n) is 5.48. The van der Waals surface area contributed by atoms with Crippen LogP contribution in [0.15, 0.2) is 30.3 Å². The summed E-state index contributed by atoms with van der Waals surface area (Å²) in [5.74, 6) is 2.01. The number of fused-ring (bicyclic) bond motifs is 2. The number of carbonyl (C=O) groups is 1. The van der Waals surface area contributed by atoms with Crippen LogP contribution in [0.5, 0.6) is 11.5 Å². The second-order valence-electron chi connectivity index (χ2n) is 6.69. The summed E-state index contributed by atoms with van der Waals surface area (Å²) >= 11 is 0. The van der Waals surface area contributed by atoms with Gasteiger partial charge in [-0.25, -0.2) is 0 Å². The van der Waals surface area contributed by atoms with Crippen molar-refractivity contribution in [3.8, 4) is 11.5 Å². The molecule has 0 amide bonds. The van der Waals surface area contributed by atoms with E-state index in [9.17, 15) is 4.79 Å². The fourth-order valence-electron chi connectivity index (χ4n) is 4.24. The molecule has 1 unspecified atom stereocenters. The highest BCUT2D eigenvalue weighted by Crippen LogP contribution is 2.49. The summed E-state index contributed by atoms with van der Waals surface area (Å²) in [7, 11) is 3.36. The summed E-state index contributed by atoms with van der Waals surface area (Å²) in [5.41, 5.74) is 5.35. The molecule has 1 spiro atoms. The lowest BCUT2D eigenvalue weighted by Gasteiger charge is -2.20. The van der Waals surface area contributed by atoms with Gasteiger partial charge in [-0.05, 0) is 72.7 Å². The van der Waals surface area contributed by atoms with Gasteiger partial charge < -0.3 is 9.47 Å². The number of ketones is 1. The van der Waals surface area contributed by atoms with Gasteiger partial charge in [0.05, 0.1) is 14.2 Å². The highest BCUT2D eigenvalue weighted by Gasteiger charge is 2.49. The van der Waals surface area contributed by atoms with Crippen molar-refractivity contribution >= 4 is 5.78 Å². The lowest BCUT2D eigenvalue weighted by Crippen LogP contribution is -2.28. The van der Waals surface area contributed by atoms with Gasteiger partial charge in [-0.2, -0.15) is 0 Å². The molecule has 3 nitrogen and oxygen atoms in total. The fourth-order valence-corrected chi connectivity index (χ4v) is 4.24. The number of carbonyl (C=O) groups excluding carboxylic acids is 1. The topological polar surface area (TPSA) is 35.5 Å². The van der Waals surface area contributed by atoms with Crippen LogP contribution in [-0.4, -0.2) is 20.0 Å². The quantitative estimate of drug-likeness (QED) is 0.851. The number of Topliss-reactive ketones (excluding diaryl/α,β-unsaturated/α-hetero) is 1. The van der Waals surface area contributed by atoms with E-state index in [2.05, 4.69) is 19.1 Å². The minimum atomic E-state index is -0.311. The van der Waals surface area contributed by atoms with E-state index in [0.29, 0.717) is 0 Å². The zero-order chi connectivity index (χ0) is 16.2. The van der Waals surface area contributed by atoms with Crippen LogP contribution in [0.3, 0.4) is 0 Å². The predicted octanol–water partition coefficient (Wildman–Crippen LogP) is 3.54. The standard InChI is InChI=1S/C20H20O3/c1-12-17-11-20(19(21)16(17)6-7-18(12)23-3)9-13-4-5-15(22-2)8-14(13)10-20/h4-8H,9-11H2,1-3H3. The van der Waals surface area contributed by atoms with Gasteiger partial charge in [0.15, 0.2) is 5.78 Å². The third kappa shape index (κ3) is 1.92. The molecule has 1 atom stereocenters. The first kappa shape index (κ1) is 14.3. The Morgan fingerprint density at radius 3 is 2.48 bits per heavy atom. The van der Waals surface area contributed by atoms with Crippen molar-refractivity contribution in [3.05, 3.63) is 58.1 Å². The predicted molar refractivity (Wildman–Crippen MR) is 88.6 cm³/mol. The summed E-state index contributed by atoms with van der Waals surface area (Å²) in [4.78, 5) is 13.1. The van der Waals surface area contributed by atoms with E-state index in [4.69, 9.17) is 9.47 Å². The number of rotatable bonds is 2. The first-order valence-electron chi connectivity index (χ1n) is 7.95. The molecule has 0 bridgehead atoms. The molecule has 118 valence electrons. The maximum absolute atomic E-state index is 13.1. The van der Waals surface area contributed by atoms with Gasteiger partial charge in [-0.15, -0.1) is 0 Å². The molecule has 0 radical (unpaired) electrons. The van der Waals surface area contributed by atoms with E-state index in [1.54, 1.807) is 14.2 Å². The second-order valence-corrected chi connectivity index (χ2v) is 6.69. The van der Waals surface area contributed by atoms with Crippen LogP contribution in [-0.2, 0) is 19.3 Å². The van der Waals surface area contributed by atoms with Gasteiger partial charge in [-0.3, -0.25) is 4.79 Å². The van der Waals surface area contributed by atoms with Crippen LogP contribution in [0.25, 0.3) is 0 Å². The van der Waals surface area contributed by atoms with Gasteiger partial charge in [0, 0.05) is 11.0 Å². The third-order valence-corrected chi connectivity index (χ3v) is 5.48. The van der Waals surface area contributed by atoms with Crippen LogP contribution in [0.2, 0.25) is 0 Å². The van der Waals surface area contributed by atoms with Gasteiger partial charge >= 0.3 is 0 Å². The molecular weight excluding hydrogens is 288 g/mol. The molecule has 23 heavy (non-hydrogen) atoms. The maximum Gasteiger partial charge on any atom is 0.170 e. The summed E-state index contributed by atoms with van der Waals surface area (Å²) < 4.78 is 10.7. The van der Waals surface area contributed by atoms with Crippen molar-refractivity contribution < 1.29 is 14.3 Å². The molecular formula is C20H20O3. The van der Waals surface area contributed by atoms with Crippen LogP contribution >= 0.6 is 0 Å². The first-order chi connectivity index (χ1) is 11.1. The van der Waals surface area contributed by atoms with E-state index in [1.165, 1.54) is 11.1 Å². The van der Waals surface area contributed by atoms with Crippen LogP contribution in [0.4, 0.5) is 0 Å². The van der Waals surface area contributed by atoms with Crippen LogP contribution in [0.1, 0.15) is 32.6 Å². The molecule has 2 aliphatic carbocycles. The summed E-state index contributed by atoms with van der Waals surface area (Å²) in [6.45, 7) is 2.05. The lowest BCUT2D eigenvalue weighted by atomic mass is 9.80. The number of methoxy groups -OCH3 is 2. The summed E-state index contributed by atoms with van der Waals surface area (Å²) in [6, 6.07) is 10.0. The smallest absolute Gasteiger partial charge is 0.170 e. The second kappa shape index (κ2) is 4.85. The fraction of sp³-hybridized carbons (Fsp3) is 0.350. The monoisotopic (exact) mass is 308 g/mol. The molecule has 0 fully saturated rings. The molecule has 0 N–H and O–H groups in total. The zero-order valence-corrected chi connectivity index (χ0v) is 13.7. The van der Waals surface area contributed by atoms with E-state index in [-0.39, 0.29) is 11.2 Å². The van der Waals surface area contributed by atoms with Gasteiger partial charge in [0.25, 0.3) is 0 Å². The van der Waals surface area contributed by atoms with Crippen molar-refractivity contribution in [2.45, 2.75) is 26.2 Å². The molecule has 2 aromatic rings. The van der Waals surface area contributed by atoms with Gasteiger partial charge in [0.1, 0.15) is 11.5 Å². The van der Waals surface area contributed by atoms with Crippen LogP contribution in [0, 0.1) is 12.3 Å². The van der Waals surface area contributed by atoms with Crippen molar-refractivity contribution in [2.24, 2.45) is 5.41 Å². The average molecular weight is 308 g/mol. The first-order valence-corrected chi connectivity index (χ1v) is 7.95. The number of benzene rings is 2. The molecule has 4 rings (SSSR count). The molecule has 2 aromatic carbocycles. The highest BCUT2D eigenvalue weighted by atomic mass is 16.5. The van der Waals surface area contributed by atoms with Crippen molar-refractivity contribution in [1.82, 2.24) is 0 Å². The van der Waals surface area contributed by atoms with Gasteiger partial charge in [-0.1, -0.05) is 6.07 Å². The minimum absolute atomic E-state index is 0.286. The average Bonchev–Trinajstić information content (AvgIpc) is 3.06. The Bertz CT molecular complexity index is 822. The SMILES string of the molecule is COc1ccc2c(c1)CC1(C2)Cc2c(ccc(OC)c2C)C1=O. The molecule has 3 heteroatoms. The Morgan fingerprint density at radius 1 is 0.957 bits per heavy atom.